The average Bonchev–Trinajstić information content (AvgIpc) is 3.17. The van der Waals surface area contributed by atoms with E-state index in [1.807, 2.05) is 12.1 Å². The van der Waals surface area contributed by atoms with Crippen molar-refractivity contribution < 1.29 is 9.21 Å². The summed E-state index contributed by atoms with van der Waals surface area (Å²) in [7, 11) is 0. The zero-order valence-electron chi connectivity index (χ0n) is 11.6. The molecule has 0 spiro atoms. The standard InChI is InChI=1S/C17H9Cl3O2S/c18-12-4-1-10(9-13(12)19)15-6-3-11(22-15)2-5-14(21)16-7-8-17(20)23-16/h1-9H/b5-2+. The first kappa shape index (κ1) is 16.3. The van der Waals surface area contributed by atoms with Crippen LogP contribution < -0.4 is 0 Å². The van der Waals surface area contributed by atoms with Crippen molar-refractivity contribution in [1.29, 1.82) is 0 Å². The molecular formula is C17H9Cl3O2S. The predicted octanol–water partition coefficient (Wildman–Crippen LogP) is 6.86. The molecule has 0 atom stereocenters. The Bertz CT molecular complexity index is 893. The van der Waals surface area contributed by atoms with E-state index >= 15 is 0 Å². The molecular weight excluding hydrogens is 375 g/mol. The van der Waals surface area contributed by atoms with Gasteiger partial charge >= 0.3 is 0 Å². The van der Waals surface area contributed by atoms with Crippen LogP contribution in [0.5, 0.6) is 0 Å². The maximum absolute atomic E-state index is 12.0. The molecule has 1 aromatic carbocycles. The number of benzene rings is 1. The van der Waals surface area contributed by atoms with Gasteiger partial charge in [0.2, 0.25) is 0 Å². The minimum absolute atomic E-state index is 0.116. The van der Waals surface area contributed by atoms with Gasteiger partial charge in [-0.15, -0.1) is 11.3 Å². The van der Waals surface area contributed by atoms with Gasteiger partial charge in [-0.3, -0.25) is 4.79 Å². The lowest BCUT2D eigenvalue weighted by Crippen LogP contribution is -1.88. The summed E-state index contributed by atoms with van der Waals surface area (Å²) in [5.41, 5.74) is 0.815. The molecule has 116 valence electrons. The molecule has 0 aliphatic heterocycles. The van der Waals surface area contributed by atoms with Crippen LogP contribution in [0.15, 0.2) is 53.0 Å². The minimum atomic E-state index is -0.116. The Morgan fingerprint density at radius 1 is 1.00 bits per heavy atom. The van der Waals surface area contributed by atoms with Gasteiger partial charge in [0.25, 0.3) is 0 Å². The first-order chi connectivity index (χ1) is 11.0. The Kier molecular flexibility index (Phi) is 4.93. The summed E-state index contributed by atoms with van der Waals surface area (Å²) in [6.45, 7) is 0. The van der Waals surface area contributed by atoms with Gasteiger partial charge in [0.05, 0.1) is 19.3 Å². The molecule has 3 aromatic rings. The zero-order valence-corrected chi connectivity index (χ0v) is 14.6. The second-order valence-electron chi connectivity index (χ2n) is 4.63. The summed E-state index contributed by atoms with van der Waals surface area (Å²) in [5, 5.41) is 0.949. The van der Waals surface area contributed by atoms with E-state index in [0.717, 1.165) is 5.56 Å². The summed E-state index contributed by atoms with van der Waals surface area (Å²) >= 11 is 19.0. The Hall–Kier alpha value is -1.52. The topological polar surface area (TPSA) is 30.2 Å². The van der Waals surface area contributed by atoms with Gasteiger partial charge in [-0.25, -0.2) is 0 Å². The van der Waals surface area contributed by atoms with Crippen LogP contribution in [-0.2, 0) is 0 Å². The highest BCUT2D eigenvalue weighted by molar-refractivity contribution is 7.18. The smallest absolute Gasteiger partial charge is 0.195 e. The van der Waals surface area contributed by atoms with Crippen molar-refractivity contribution in [2.45, 2.75) is 0 Å². The fourth-order valence-corrected chi connectivity index (χ4v) is 3.19. The summed E-state index contributed by atoms with van der Waals surface area (Å²) in [5.74, 6) is 1.10. The van der Waals surface area contributed by atoms with Crippen LogP contribution >= 0.6 is 46.1 Å². The van der Waals surface area contributed by atoms with Crippen molar-refractivity contribution in [1.82, 2.24) is 0 Å². The number of allylic oxidation sites excluding steroid dienone is 1. The molecule has 0 saturated carbocycles. The quantitative estimate of drug-likeness (QED) is 0.363. The van der Waals surface area contributed by atoms with Crippen LogP contribution in [0.3, 0.4) is 0 Å². The van der Waals surface area contributed by atoms with Crippen molar-refractivity contribution >= 4 is 58.0 Å². The van der Waals surface area contributed by atoms with Crippen molar-refractivity contribution in [2.75, 3.05) is 0 Å². The fraction of sp³-hybridized carbons (Fsp3) is 0. The van der Waals surface area contributed by atoms with E-state index in [1.165, 1.54) is 17.4 Å². The van der Waals surface area contributed by atoms with Crippen molar-refractivity contribution in [2.24, 2.45) is 0 Å². The van der Waals surface area contributed by atoms with Crippen LogP contribution in [0, 0.1) is 0 Å². The molecule has 0 unspecified atom stereocenters. The molecule has 0 bridgehead atoms. The lowest BCUT2D eigenvalue weighted by molar-refractivity contribution is 0.105. The van der Waals surface area contributed by atoms with Crippen LogP contribution in [-0.4, -0.2) is 5.78 Å². The molecule has 0 saturated heterocycles. The summed E-state index contributed by atoms with van der Waals surface area (Å²) < 4.78 is 6.28. The lowest BCUT2D eigenvalue weighted by atomic mass is 10.2. The second kappa shape index (κ2) is 6.93. The maximum atomic E-state index is 12.0. The Labute approximate surface area is 151 Å². The summed E-state index contributed by atoms with van der Waals surface area (Å²) in [6.07, 6.45) is 3.08. The molecule has 2 heterocycles. The fourth-order valence-electron chi connectivity index (χ4n) is 1.93. The molecule has 0 aliphatic rings. The molecule has 3 rings (SSSR count). The average molecular weight is 384 g/mol. The third kappa shape index (κ3) is 3.88. The highest BCUT2D eigenvalue weighted by atomic mass is 35.5. The molecule has 2 aromatic heterocycles. The number of halogens is 3. The van der Waals surface area contributed by atoms with Crippen LogP contribution in [0.2, 0.25) is 14.4 Å². The maximum Gasteiger partial charge on any atom is 0.195 e. The zero-order chi connectivity index (χ0) is 16.4. The molecule has 0 radical (unpaired) electrons. The first-order valence-electron chi connectivity index (χ1n) is 6.56. The Morgan fingerprint density at radius 3 is 2.52 bits per heavy atom. The SMILES string of the molecule is O=C(/C=C/c1ccc(-c2ccc(Cl)c(Cl)c2)o1)c1ccc(Cl)s1. The largest absolute Gasteiger partial charge is 0.457 e. The van der Waals surface area contributed by atoms with E-state index < -0.39 is 0 Å². The summed E-state index contributed by atoms with van der Waals surface area (Å²) in [4.78, 5) is 12.6. The van der Waals surface area contributed by atoms with Crippen LogP contribution in [0.25, 0.3) is 17.4 Å². The van der Waals surface area contributed by atoms with Gasteiger partial charge in [0.1, 0.15) is 11.5 Å². The predicted molar refractivity (Wildman–Crippen MR) is 96.9 cm³/mol. The van der Waals surface area contributed by atoms with E-state index in [-0.39, 0.29) is 5.78 Å². The third-order valence-electron chi connectivity index (χ3n) is 3.05. The van der Waals surface area contributed by atoms with Gasteiger partial charge in [-0.1, -0.05) is 34.8 Å². The van der Waals surface area contributed by atoms with Gasteiger partial charge in [-0.2, -0.15) is 0 Å². The van der Waals surface area contributed by atoms with Crippen molar-refractivity contribution in [3.8, 4) is 11.3 Å². The van der Waals surface area contributed by atoms with E-state index in [1.54, 1.807) is 36.4 Å². The van der Waals surface area contributed by atoms with Gasteiger partial charge in [-0.05, 0) is 54.6 Å². The third-order valence-corrected chi connectivity index (χ3v) is 5.03. The van der Waals surface area contributed by atoms with E-state index in [2.05, 4.69) is 0 Å². The van der Waals surface area contributed by atoms with Crippen LogP contribution in [0.1, 0.15) is 15.4 Å². The first-order valence-corrected chi connectivity index (χ1v) is 8.51. The molecule has 2 nitrogen and oxygen atoms in total. The number of carbonyl (C=O) groups is 1. The highest BCUT2D eigenvalue weighted by Gasteiger charge is 2.08. The lowest BCUT2D eigenvalue weighted by Gasteiger charge is -1.99. The molecule has 0 N–H and O–H groups in total. The molecule has 23 heavy (non-hydrogen) atoms. The monoisotopic (exact) mass is 382 g/mol. The number of thiophene rings is 1. The summed E-state index contributed by atoms with van der Waals surface area (Å²) in [6, 6.07) is 12.2. The highest BCUT2D eigenvalue weighted by Crippen LogP contribution is 2.30. The van der Waals surface area contributed by atoms with E-state index in [9.17, 15) is 4.79 Å². The van der Waals surface area contributed by atoms with Gasteiger partial charge < -0.3 is 4.42 Å². The Balaban J connectivity index is 1.77. The number of carbonyl (C=O) groups excluding carboxylic acids is 1. The molecule has 0 amide bonds. The number of hydrogen-bond acceptors (Lipinski definition) is 3. The Morgan fingerprint density at radius 2 is 1.83 bits per heavy atom. The molecule has 6 heteroatoms. The number of ketones is 1. The van der Waals surface area contributed by atoms with Gasteiger partial charge in [0.15, 0.2) is 5.78 Å². The van der Waals surface area contributed by atoms with Crippen molar-refractivity contribution in [3.05, 3.63) is 73.6 Å². The minimum Gasteiger partial charge on any atom is -0.457 e. The van der Waals surface area contributed by atoms with E-state index in [4.69, 9.17) is 39.2 Å². The number of hydrogen-bond donors (Lipinski definition) is 0. The number of furan rings is 1. The number of rotatable bonds is 4. The molecule has 0 aliphatic carbocycles. The van der Waals surface area contributed by atoms with E-state index in [0.29, 0.717) is 30.8 Å². The van der Waals surface area contributed by atoms with Gasteiger partial charge in [0, 0.05) is 5.56 Å². The second-order valence-corrected chi connectivity index (χ2v) is 7.16. The van der Waals surface area contributed by atoms with Crippen molar-refractivity contribution in [3.63, 3.8) is 0 Å². The molecule has 0 fully saturated rings. The van der Waals surface area contributed by atoms with Crippen LogP contribution in [0.4, 0.5) is 0 Å². The normalized spacial score (nSPS) is 11.3.